The number of ketones is 1. The van der Waals surface area contributed by atoms with Crippen molar-refractivity contribution in [3.05, 3.63) is 58.4 Å². The fourth-order valence-electron chi connectivity index (χ4n) is 1.98. The summed E-state index contributed by atoms with van der Waals surface area (Å²) in [5.41, 5.74) is -1.59. The minimum atomic E-state index is -4.70. The standard InChI is InChI=1S/C15H9ClF4O/c1-8(21)10-6-5-9(7-12(10)15(18,19)20)11-3-2-4-13(16)14(11)17/h2-7H,1H3. The zero-order valence-corrected chi connectivity index (χ0v) is 11.5. The molecule has 0 heterocycles. The predicted molar refractivity (Wildman–Crippen MR) is 71.9 cm³/mol. The third-order valence-corrected chi connectivity index (χ3v) is 3.26. The molecule has 2 aromatic rings. The molecule has 21 heavy (non-hydrogen) atoms. The van der Waals surface area contributed by atoms with Crippen molar-refractivity contribution in [2.24, 2.45) is 0 Å². The van der Waals surface area contributed by atoms with E-state index in [9.17, 15) is 22.4 Å². The van der Waals surface area contributed by atoms with Crippen molar-refractivity contribution in [2.75, 3.05) is 0 Å². The summed E-state index contributed by atoms with van der Waals surface area (Å²) in [5.74, 6) is -1.51. The maximum Gasteiger partial charge on any atom is 0.417 e. The highest BCUT2D eigenvalue weighted by atomic mass is 35.5. The van der Waals surface area contributed by atoms with Gasteiger partial charge in [0.05, 0.1) is 10.6 Å². The van der Waals surface area contributed by atoms with Crippen molar-refractivity contribution < 1.29 is 22.4 Å². The molecule has 0 radical (unpaired) electrons. The maximum atomic E-state index is 13.9. The van der Waals surface area contributed by atoms with Crippen LogP contribution in [0.5, 0.6) is 0 Å². The number of Topliss-reactive ketones (excluding diaryl/α,β-unsaturated/α-hetero) is 1. The highest BCUT2D eigenvalue weighted by Gasteiger charge is 2.34. The number of carbonyl (C=O) groups excluding carboxylic acids is 1. The maximum absolute atomic E-state index is 13.9. The summed E-state index contributed by atoms with van der Waals surface area (Å²) in [7, 11) is 0. The van der Waals surface area contributed by atoms with E-state index in [0.717, 1.165) is 19.1 Å². The van der Waals surface area contributed by atoms with Crippen LogP contribution in [0.2, 0.25) is 5.02 Å². The number of hydrogen-bond acceptors (Lipinski definition) is 1. The molecule has 0 amide bonds. The Morgan fingerprint density at radius 1 is 1.14 bits per heavy atom. The van der Waals surface area contributed by atoms with Crippen molar-refractivity contribution in [3.8, 4) is 11.1 Å². The van der Waals surface area contributed by atoms with Gasteiger partial charge in [0, 0.05) is 11.1 Å². The fourth-order valence-corrected chi connectivity index (χ4v) is 2.15. The largest absolute Gasteiger partial charge is 0.417 e. The Hall–Kier alpha value is -1.88. The summed E-state index contributed by atoms with van der Waals surface area (Å²) in [4.78, 5) is 11.3. The molecule has 2 aromatic carbocycles. The monoisotopic (exact) mass is 316 g/mol. The van der Waals surface area contributed by atoms with E-state index in [-0.39, 0.29) is 16.1 Å². The lowest BCUT2D eigenvalue weighted by molar-refractivity contribution is -0.137. The summed E-state index contributed by atoms with van der Waals surface area (Å²) in [6.07, 6.45) is -4.70. The summed E-state index contributed by atoms with van der Waals surface area (Å²) >= 11 is 5.62. The van der Waals surface area contributed by atoms with Gasteiger partial charge in [-0.25, -0.2) is 4.39 Å². The third kappa shape index (κ3) is 3.08. The van der Waals surface area contributed by atoms with E-state index in [0.29, 0.717) is 0 Å². The van der Waals surface area contributed by atoms with Crippen LogP contribution >= 0.6 is 11.6 Å². The minimum Gasteiger partial charge on any atom is -0.294 e. The lowest BCUT2D eigenvalue weighted by Gasteiger charge is -2.13. The highest BCUT2D eigenvalue weighted by Crippen LogP contribution is 2.36. The van der Waals surface area contributed by atoms with Gasteiger partial charge < -0.3 is 0 Å². The molecule has 6 heteroatoms. The lowest BCUT2D eigenvalue weighted by Crippen LogP contribution is -2.12. The van der Waals surface area contributed by atoms with Crippen LogP contribution in [0, 0.1) is 5.82 Å². The molecule has 2 rings (SSSR count). The van der Waals surface area contributed by atoms with Crippen molar-refractivity contribution in [1.29, 1.82) is 0 Å². The average Bonchev–Trinajstić information content (AvgIpc) is 2.40. The second kappa shape index (κ2) is 5.48. The normalized spacial score (nSPS) is 11.5. The molecule has 0 unspecified atom stereocenters. The Kier molecular flexibility index (Phi) is 4.05. The molecule has 0 spiro atoms. The summed E-state index contributed by atoms with van der Waals surface area (Å²) in [5, 5.41) is -0.184. The van der Waals surface area contributed by atoms with Crippen LogP contribution in [0.25, 0.3) is 11.1 Å². The van der Waals surface area contributed by atoms with E-state index in [1.54, 1.807) is 0 Å². The van der Waals surface area contributed by atoms with Crippen molar-refractivity contribution in [2.45, 2.75) is 13.1 Å². The lowest BCUT2D eigenvalue weighted by atomic mass is 9.97. The highest BCUT2D eigenvalue weighted by molar-refractivity contribution is 6.31. The van der Waals surface area contributed by atoms with Gasteiger partial charge in [0.15, 0.2) is 5.78 Å². The van der Waals surface area contributed by atoms with Crippen LogP contribution in [0.4, 0.5) is 17.6 Å². The summed E-state index contributed by atoms with van der Waals surface area (Å²) in [6.45, 7) is 1.05. The molecule has 0 aliphatic rings. The molecule has 0 saturated heterocycles. The van der Waals surface area contributed by atoms with Crippen LogP contribution in [0.15, 0.2) is 36.4 Å². The van der Waals surface area contributed by atoms with Gasteiger partial charge in [-0.3, -0.25) is 4.79 Å². The van der Waals surface area contributed by atoms with E-state index in [1.165, 1.54) is 24.3 Å². The van der Waals surface area contributed by atoms with Crippen LogP contribution in [0.3, 0.4) is 0 Å². The summed E-state index contributed by atoms with van der Waals surface area (Å²) < 4.78 is 52.9. The average molecular weight is 317 g/mol. The number of benzene rings is 2. The zero-order chi connectivity index (χ0) is 15.8. The van der Waals surface area contributed by atoms with E-state index in [1.807, 2.05) is 0 Å². The molecule has 0 aliphatic carbocycles. The first-order valence-corrected chi connectivity index (χ1v) is 6.26. The molecule has 0 atom stereocenters. The Morgan fingerprint density at radius 2 is 1.81 bits per heavy atom. The van der Waals surface area contributed by atoms with Crippen molar-refractivity contribution in [1.82, 2.24) is 0 Å². The molecular formula is C15H9ClF4O. The molecule has 0 aromatic heterocycles. The van der Waals surface area contributed by atoms with Crippen LogP contribution in [-0.2, 0) is 6.18 Å². The topological polar surface area (TPSA) is 17.1 Å². The zero-order valence-electron chi connectivity index (χ0n) is 10.8. The van der Waals surface area contributed by atoms with E-state index in [4.69, 9.17) is 11.6 Å². The number of halogens is 5. The van der Waals surface area contributed by atoms with E-state index < -0.39 is 28.9 Å². The van der Waals surface area contributed by atoms with Crippen LogP contribution in [-0.4, -0.2) is 5.78 Å². The quantitative estimate of drug-likeness (QED) is 0.538. The molecule has 110 valence electrons. The fraction of sp³-hybridized carbons (Fsp3) is 0.133. The number of alkyl halides is 3. The van der Waals surface area contributed by atoms with Gasteiger partial charge in [-0.05, 0) is 24.6 Å². The Labute approximate surface area is 123 Å². The van der Waals surface area contributed by atoms with E-state index >= 15 is 0 Å². The second-order valence-electron chi connectivity index (χ2n) is 4.42. The van der Waals surface area contributed by atoms with Crippen LogP contribution < -0.4 is 0 Å². The predicted octanol–water partition coefficient (Wildman–Crippen LogP) is 5.37. The van der Waals surface area contributed by atoms with Crippen molar-refractivity contribution >= 4 is 17.4 Å². The molecule has 0 bridgehead atoms. The molecular weight excluding hydrogens is 308 g/mol. The number of hydrogen-bond donors (Lipinski definition) is 0. The van der Waals surface area contributed by atoms with Crippen LogP contribution in [0.1, 0.15) is 22.8 Å². The Bertz CT molecular complexity index is 707. The first kappa shape index (κ1) is 15.5. The Morgan fingerprint density at radius 3 is 2.38 bits per heavy atom. The van der Waals surface area contributed by atoms with Gasteiger partial charge in [-0.15, -0.1) is 0 Å². The van der Waals surface area contributed by atoms with Gasteiger partial charge in [-0.2, -0.15) is 13.2 Å². The molecule has 0 saturated carbocycles. The second-order valence-corrected chi connectivity index (χ2v) is 4.82. The number of carbonyl (C=O) groups is 1. The first-order valence-electron chi connectivity index (χ1n) is 5.88. The van der Waals surface area contributed by atoms with Gasteiger partial charge in [0.2, 0.25) is 0 Å². The molecule has 0 fully saturated rings. The third-order valence-electron chi connectivity index (χ3n) is 2.97. The van der Waals surface area contributed by atoms with Gasteiger partial charge in [-0.1, -0.05) is 35.9 Å². The SMILES string of the molecule is CC(=O)c1ccc(-c2cccc(Cl)c2F)cc1C(F)(F)F. The van der Waals surface area contributed by atoms with Gasteiger partial charge in [0.1, 0.15) is 5.82 Å². The molecule has 1 nitrogen and oxygen atoms in total. The Balaban J connectivity index is 2.68. The molecule has 0 N–H and O–H groups in total. The number of rotatable bonds is 2. The van der Waals surface area contributed by atoms with Gasteiger partial charge in [0.25, 0.3) is 0 Å². The smallest absolute Gasteiger partial charge is 0.294 e. The van der Waals surface area contributed by atoms with Crippen molar-refractivity contribution in [3.63, 3.8) is 0 Å². The molecule has 0 aliphatic heterocycles. The summed E-state index contributed by atoms with van der Waals surface area (Å²) in [6, 6.07) is 7.12. The minimum absolute atomic E-state index is 0.00678. The first-order chi connectivity index (χ1) is 9.71. The van der Waals surface area contributed by atoms with Gasteiger partial charge >= 0.3 is 6.18 Å². The van der Waals surface area contributed by atoms with E-state index in [2.05, 4.69) is 0 Å².